The molecular weight excluding hydrogens is 384 g/mol. The summed E-state index contributed by atoms with van der Waals surface area (Å²) in [5.41, 5.74) is 0. The lowest BCUT2D eigenvalue weighted by Crippen LogP contribution is -2.04. The summed E-state index contributed by atoms with van der Waals surface area (Å²) in [6, 6.07) is 37.5. The highest BCUT2D eigenvalue weighted by molar-refractivity contribution is 7.92. The lowest BCUT2D eigenvalue weighted by Gasteiger charge is -2.15. The second-order valence-corrected chi connectivity index (χ2v) is 9.04. The molecule has 0 aliphatic heterocycles. The van der Waals surface area contributed by atoms with Gasteiger partial charge in [-0.2, -0.15) is 0 Å². The number of hydrogen-bond acceptors (Lipinski definition) is 1. The van der Waals surface area contributed by atoms with Crippen molar-refractivity contribution in [1.82, 2.24) is 0 Å². The first kappa shape index (κ1) is 17.5. The van der Waals surface area contributed by atoms with Crippen LogP contribution in [0, 0.1) is 0 Å². The molecule has 0 unspecified atom stereocenters. The van der Waals surface area contributed by atoms with Crippen molar-refractivity contribution < 1.29 is 4.55 Å². The highest BCUT2D eigenvalue weighted by atomic mass is 32.2. The summed E-state index contributed by atoms with van der Waals surface area (Å²) in [6.07, 6.45) is 0. The van der Waals surface area contributed by atoms with Crippen molar-refractivity contribution in [2.24, 2.45) is 0 Å². The molecule has 0 radical (unpaired) electrons. The van der Waals surface area contributed by atoms with Crippen LogP contribution in [-0.2, 0) is 11.2 Å². The van der Waals surface area contributed by atoms with Crippen LogP contribution >= 0.6 is 0 Å². The van der Waals surface area contributed by atoms with Crippen LogP contribution in [0.1, 0.15) is 0 Å². The number of benzene rings is 6. The lowest BCUT2D eigenvalue weighted by atomic mass is 10.0. The fourth-order valence-electron chi connectivity index (χ4n) is 4.32. The predicted molar refractivity (Wildman–Crippen MR) is 128 cm³/mol. The molecular formula is C28H18OS. The molecule has 0 heterocycles. The average Bonchev–Trinajstić information content (AvgIpc) is 2.80. The van der Waals surface area contributed by atoms with E-state index in [1.165, 1.54) is 21.5 Å². The molecule has 0 amide bonds. The van der Waals surface area contributed by atoms with Gasteiger partial charge in [-0.1, -0.05) is 72.8 Å². The minimum absolute atomic E-state index is 0.860. The van der Waals surface area contributed by atoms with Crippen LogP contribution in [0.15, 0.2) is 119 Å². The zero-order chi connectivity index (χ0) is 20.1. The van der Waals surface area contributed by atoms with E-state index in [0.717, 1.165) is 31.3 Å². The molecule has 0 aromatic heterocycles. The Labute approximate surface area is 177 Å². The predicted octanol–water partition coefficient (Wildman–Crippen LogP) is 7.47. The summed E-state index contributed by atoms with van der Waals surface area (Å²) < 4.78 is 13.9. The first-order valence-electron chi connectivity index (χ1n) is 10.0. The van der Waals surface area contributed by atoms with Gasteiger partial charge in [0.15, 0.2) is 9.79 Å². The first-order valence-corrected chi connectivity index (χ1v) is 11.2. The van der Waals surface area contributed by atoms with Gasteiger partial charge in [-0.05, 0) is 68.7 Å². The Morgan fingerprint density at radius 1 is 0.400 bits per heavy atom. The Kier molecular flexibility index (Phi) is 4.02. The number of rotatable bonds is 2. The van der Waals surface area contributed by atoms with Crippen LogP contribution in [0.4, 0.5) is 0 Å². The average molecular weight is 403 g/mol. The standard InChI is InChI=1S/C28H18OS/c29-30(27-13-5-11-23-15-19-7-1-3-9-21(19)17-25(23)27)28-14-6-12-24-16-20-8-2-4-10-22(20)18-26(24)28/h1-18H. The SMILES string of the molecule is [O-][S+](c1cccc2cc3ccccc3cc12)c1cccc2cc3ccccc3cc12. The van der Waals surface area contributed by atoms with Gasteiger partial charge in [0.25, 0.3) is 0 Å². The van der Waals surface area contributed by atoms with E-state index in [4.69, 9.17) is 0 Å². The summed E-state index contributed by atoms with van der Waals surface area (Å²) in [4.78, 5) is 1.72. The largest absolute Gasteiger partial charge is 0.606 e. The topological polar surface area (TPSA) is 23.1 Å². The molecule has 0 aliphatic rings. The van der Waals surface area contributed by atoms with E-state index in [2.05, 4.69) is 72.8 Å². The summed E-state index contributed by atoms with van der Waals surface area (Å²) in [6.45, 7) is 0. The third-order valence-corrected chi connectivity index (χ3v) is 7.32. The minimum atomic E-state index is -1.28. The molecule has 0 atom stereocenters. The maximum absolute atomic E-state index is 13.9. The van der Waals surface area contributed by atoms with Gasteiger partial charge in [0, 0.05) is 21.9 Å². The minimum Gasteiger partial charge on any atom is -0.606 e. The van der Waals surface area contributed by atoms with Crippen LogP contribution in [0.25, 0.3) is 43.1 Å². The highest BCUT2D eigenvalue weighted by Gasteiger charge is 2.21. The van der Waals surface area contributed by atoms with Crippen LogP contribution in [-0.4, -0.2) is 4.55 Å². The van der Waals surface area contributed by atoms with Crippen molar-refractivity contribution in [3.8, 4) is 0 Å². The van der Waals surface area contributed by atoms with Crippen molar-refractivity contribution in [2.45, 2.75) is 9.79 Å². The molecule has 0 saturated heterocycles. The van der Waals surface area contributed by atoms with E-state index in [1.54, 1.807) is 0 Å². The molecule has 0 saturated carbocycles. The van der Waals surface area contributed by atoms with Gasteiger partial charge in [0.2, 0.25) is 0 Å². The van der Waals surface area contributed by atoms with Crippen molar-refractivity contribution >= 4 is 54.3 Å². The summed E-state index contributed by atoms with van der Waals surface area (Å²) in [7, 11) is 0. The molecule has 2 heteroatoms. The van der Waals surface area contributed by atoms with Gasteiger partial charge in [-0.15, -0.1) is 0 Å². The highest BCUT2D eigenvalue weighted by Crippen LogP contribution is 2.35. The smallest absolute Gasteiger partial charge is 0.166 e. The van der Waals surface area contributed by atoms with Crippen molar-refractivity contribution in [2.75, 3.05) is 0 Å². The fraction of sp³-hybridized carbons (Fsp3) is 0. The van der Waals surface area contributed by atoms with Crippen molar-refractivity contribution in [3.63, 3.8) is 0 Å². The zero-order valence-electron chi connectivity index (χ0n) is 16.2. The Morgan fingerprint density at radius 3 is 1.20 bits per heavy atom. The van der Waals surface area contributed by atoms with Gasteiger partial charge in [0.05, 0.1) is 0 Å². The molecule has 142 valence electrons. The van der Waals surface area contributed by atoms with Crippen LogP contribution < -0.4 is 0 Å². The molecule has 30 heavy (non-hydrogen) atoms. The Hall–Kier alpha value is -3.33. The molecule has 0 fully saturated rings. The summed E-state index contributed by atoms with van der Waals surface area (Å²) >= 11 is -1.28. The fourth-order valence-corrected chi connectivity index (χ4v) is 5.71. The van der Waals surface area contributed by atoms with E-state index in [1.807, 2.05) is 36.4 Å². The van der Waals surface area contributed by atoms with Crippen LogP contribution in [0.3, 0.4) is 0 Å². The van der Waals surface area contributed by atoms with E-state index >= 15 is 0 Å². The second kappa shape index (κ2) is 6.88. The summed E-state index contributed by atoms with van der Waals surface area (Å²) in [5.74, 6) is 0. The molecule has 6 aromatic rings. The van der Waals surface area contributed by atoms with E-state index < -0.39 is 11.2 Å². The molecule has 6 rings (SSSR count). The second-order valence-electron chi connectivity index (χ2n) is 7.62. The Morgan fingerprint density at radius 2 is 0.767 bits per heavy atom. The molecule has 0 spiro atoms. The molecule has 6 aromatic carbocycles. The van der Waals surface area contributed by atoms with Crippen LogP contribution in [0.2, 0.25) is 0 Å². The summed E-state index contributed by atoms with van der Waals surface area (Å²) in [5, 5.41) is 9.06. The third-order valence-electron chi connectivity index (χ3n) is 5.81. The lowest BCUT2D eigenvalue weighted by molar-refractivity contribution is 0.597. The van der Waals surface area contributed by atoms with E-state index in [-0.39, 0.29) is 0 Å². The van der Waals surface area contributed by atoms with Crippen LogP contribution in [0.5, 0.6) is 0 Å². The maximum Gasteiger partial charge on any atom is 0.166 e. The van der Waals surface area contributed by atoms with Gasteiger partial charge in [-0.3, -0.25) is 0 Å². The normalized spacial score (nSPS) is 11.8. The molecule has 0 aliphatic carbocycles. The first-order chi connectivity index (χ1) is 14.8. The number of hydrogen-bond donors (Lipinski definition) is 0. The van der Waals surface area contributed by atoms with E-state index in [9.17, 15) is 4.55 Å². The molecule has 0 N–H and O–H groups in total. The quantitative estimate of drug-likeness (QED) is 0.218. The van der Waals surface area contributed by atoms with E-state index in [0.29, 0.717) is 0 Å². The Balaban J connectivity index is 1.60. The van der Waals surface area contributed by atoms with Gasteiger partial charge in [0.1, 0.15) is 0 Å². The monoisotopic (exact) mass is 402 g/mol. The van der Waals surface area contributed by atoms with Gasteiger partial charge >= 0.3 is 0 Å². The van der Waals surface area contributed by atoms with Crippen molar-refractivity contribution in [1.29, 1.82) is 0 Å². The van der Waals surface area contributed by atoms with Crippen molar-refractivity contribution in [3.05, 3.63) is 109 Å². The Bertz CT molecular complexity index is 1450. The molecule has 1 nitrogen and oxygen atoms in total. The zero-order valence-corrected chi connectivity index (χ0v) is 17.0. The third kappa shape index (κ3) is 2.77. The maximum atomic E-state index is 13.9. The van der Waals surface area contributed by atoms with Gasteiger partial charge in [-0.25, -0.2) is 0 Å². The van der Waals surface area contributed by atoms with Gasteiger partial charge < -0.3 is 4.55 Å². The molecule has 0 bridgehead atoms. The number of fused-ring (bicyclic) bond motifs is 4.